The van der Waals surface area contributed by atoms with Crippen LogP contribution in [0.15, 0.2) is 42.6 Å². The van der Waals surface area contributed by atoms with E-state index < -0.39 is 0 Å². The van der Waals surface area contributed by atoms with Crippen LogP contribution < -0.4 is 10.6 Å². The number of amides is 1. The number of rotatable bonds is 6. The van der Waals surface area contributed by atoms with Gasteiger partial charge in [-0.25, -0.2) is 9.97 Å². The first-order valence-electron chi connectivity index (χ1n) is 8.23. The van der Waals surface area contributed by atoms with Gasteiger partial charge in [0.2, 0.25) is 5.95 Å². The third-order valence-electron chi connectivity index (χ3n) is 4.12. The first-order valence-corrected chi connectivity index (χ1v) is 8.23. The van der Waals surface area contributed by atoms with Crippen LogP contribution in [0.2, 0.25) is 0 Å². The Hall–Kier alpha value is -2.43. The van der Waals surface area contributed by atoms with Crippen molar-refractivity contribution in [2.75, 3.05) is 11.9 Å². The molecule has 0 radical (unpaired) electrons. The number of anilines is 1. The van der Waals surface area contributed by atoms with Crippen LogP contribution in [0.3, 0.4) is 0 Å². The fourth-order valence-electron chi connectivity index (χ4n) is 2.86. The Morgan fingerprint density at radius 3 is 2.70 bits per heavy atom. The quantitative estimate of drug-likeness (QED) is 0.861. The van der Waals surface area contributed by atoms with Crippen LogP contribution in [0, 0.1) is 0 Å². The lowest BCUT2D eigenvalue weighted by Crippen LogP contribution is -2.33. The van der Waals surface area contributed by atoms with Crippen LogP contribution in [0.1, 0.15) is 41.7 Å². The number of hydrogen-bond donors (Lipinski definition) is 2. The van der Waals surface area contributed by atoms with Gasteiger partial charge in [0, 0.05) is 18.8 Å². The molecule has 0 atom stereocenters. The first-order chi connectivity index (χ1) is 11.3. The van der Waals surface area contributed by atoms with Crippen LogP contribution in [0.4, 0.5) is 5.95 Å². The van der Waals surface area contributed by atoms with Crippen molar-refractivity contribution in [3.05, 3.63) is 53.9 Å². The standard InChI is InChI=1S/C18H22N4O/c23-17(21-15-8-4-5-9-15)16-11-13-20-18(22-16)19-12-10-14-6-2-1-3-7-14/h1-3,6-7,11,13,15H,4-5,8-10,12H2,(H,21,23)(H,19,20,22). The van der Waals surface area contributed by atoms with Crippen molar-refractivity contribution in [1.29, 1.82) is 0 Å². The van der Waals surface area contributed by atoms with E-state index in [1.165, 1.54) is 18.4 Å². The fraction of sp³-hybridized carbons (Fsp3) is 0.389. The predicted octanol–water partition coefficient (Wildman–Crippen LogP) is 2.80. The highest BCUT2D eigenvalue weighted by Gasteiger charge is 2.18. The molecule has 1 saturated carbocycles. The molecule has 1 heterocycles. The minimum atomic E-state index is -0.106. The van der Waals surface area contributed by atoms with Crippen molar-refractivity contribution in [3.8, 4) is 0 Å². The molecule has 23 heavy (non-hydrogen) atoms. The van der Waals surface area contributed by atoms with Crippen LogP contribution in [-0.4, -0.2) is 28.5 Å². The second-order valence-corrected chi connectivity index (χ2v) is 5.88. The van der Waals surface area contributed by atoms with Crippen molar-refractivity contribution in [2.24, 2.45) is 0 Å². The van der Waals surface area contributed by atoms with Gasteiger partial charge in [0.25, 0.3) is 5.91 Å². The molecule has 120 valence electrons. The number of hydrogen-bond acceptors (Lipinski definition) is 4. The van der Waals surface area contributed by atoms with Gasteiger partial charge >= 0.3 is 0 Å². The highest BCUT2D eigenvalue weighted by atomic mass is 16.1. The Morgan fingerprint density at radius 1 is 1.13 bits per heavy atom. The molecule has 1 amide bonds. The third kappa shape index (κ3) is 4.52. The van der Waals surface area contributed by atoms with Gasteiger partial charge in [0.15, 0.2) is 0 Å². The number of carbonyl (C=O) groups is 1. The molecule has 2 N–H and O–H groups in total. The lowest BCUT2D eigenvalue weighted by Gasteiger charge is -2.12. The van der Waals surface area contributed by atoms with Gasteiger partial charge in [-0.15, -0.1) is 0 Å². The SMILES string of the molecule is O=C(NC1CCCC1)c1ccnc(NCCc2ccccc2)n1. The minimum absolute atomic E-state index is 0.106. The summed E-state index contributed by atoms with van der Waals surface area (Å²) in [6.07, 6.45) is 7.05. The zero-order valence-electron chi connectivity index (χ0n) is 13.2. The van der Waals surface area contributed by atoms with E-state index in [0.29, 0.717) is 17.7 Å². The van der Waals surface area contributed by atoms with E-state index in [4.69, 9.17) is 0 Å². The molecular formula is C18H22N4O. The molecule has 3 rings (SSSR count). The summed E-state index contributed by atoms with van der Waals surface area (Å²) in [6.45, 7) is 0.734. The van der Waals surface area contributed by atoms with E-state index in [1.807, 2.05) is 18.2 Å². The highest BCUT2D eigenvalue weighted by molar-refractivity contribution is 5.92. The number of aromatic nitrogens is 2. The highest BCUT2D eigenvalue weighted by Crippen LogP contribution is 2.18. The average molecular weight is 310 g/mol. The fourth-order valence-corrected chi connectivity index (χ4v) is 2.86. The zero-order chi connectivity index (χ0) is 15.9. The molecule has 2 aromatic rings. The molecule has 1 fully saturated rings. The second kappa shape index (κ2) is 7.72. The number of benzene rings is 1. The molecule has 0 saturated heterocycles. The lowest BCUT2D eigenvalue weighted by molar-refractivity contribution is 0.0933. The Labute approximate surface area is 136 Å². The van der Waals surface area contributed by atoms with Crippen molar-refractivity contribution in [2.45, 2.75) is 38.1 Å². The van der Waals surface area contributed by atoms with Crippen LogP contribution >= 0.6 is 0 Å². The summed E-state index contributed by atoms with van der Waals surface area (Å²) in [6, 6.07) is 12.2. The molecule has 1 aromatic heterocycles. The summed E-state index contributed by atoms with van der Waals surface area (Å²) in [5.74, 6) is 0.394. The average Bonchev–Trinajstić information content (AvgIpc) is 3.09. The largest absolute Gasteiger partial charge is 0.354 e. The molecule has 0 aliphatic heterocycles. The van der Waals surface area contributed by atoms with Crippen molar-refractivity contribution in [1.82, 2.24) is 15.3 Å². The van der Waals surface area contributed by atoms with Gasteiger partial charge in [0.1, 0.15) is 5.69 Å². The molecular weight excluding hydrogens is 288 g/mol. The van der Waals surface area contributed by atoms with Crippen LogP contribution in [0.5, 0.6) is 0 Å². The van der Waals surface area contributed by atoms with Crippen molar-refractivity contribution < 1.29 is 4.79 Å². The summed E-state index contributed by atoms with van der Waals surface area (Å²) in [5, 5.41) is 6.23. The summed E-state index contributed by atoms with van der Waals surface area (Å²) < 4.78 is 0. The number of nitrogens with zero attached hydrogens (tertiary/aromatic N) is 2. The maximum atomic E-state index is 12.2. The van der Waals surface area contributed by atoms with E-state index in [1.54, 1.807) is 12.3 Å². The van der Waals surface area contributed by atoms with Crippen molar-refractivity contribution >= 4 is 11.9 Å². The number of carbonyl (C=O) groups excluding carboxylic acids is 1. The summed E-state index contributed by atoms with van der Waals surface area (Å²) in [5.41, 5.74) is 1.68. The summed E-state index contributed by atoms with van der Waals surface area (Å²) in [4.78, 5) is 20.7. The molecule has 5 nitrogen and oxygen atoms in total. The number of nitrogens with one attached hydrogen (secondary N) is 2. The Balaban J connectivity index is 1.53. The zero-order valence-corrected chi connectivity index (χ0v) is 13.2. The Kier molecular flexibility index (Phi) is 5.19. The second-order valence-electron chi connectivity index (χ2n) is 5.88. The molecule has 0 bridgehead atoms. The molecule has 5 heteroatoms. The van der Waals surface area contributed by atoms with E-state index in [2.05, 4.69) is 32.7 Å². The predicted molar refractivity (Wildman–Crippen MR) is 90.4 cm³/mol. The summed E-state index contributed by atoms with van der Waals surface area (Å²) in [7, 11) is 0. The molecule has 0 unspecified atom stereocenters. The van der Waals surface area contributed by atoms with Gasteiger partial charge in [-0.3, -0.25) is 4.79 Å². The van der Waals surface area contributed by atoms with E-state index in [9.17, 15) is 4.79 Å². The van der Waals surface area contributed by atoms with Crippen molar-refractivity contribution in [3.63, 3.8) is 0 Å². The van der Waals surface area contributed by atoms with Crippen LogP contribution in [-0.2, 0) is 6.42 Å². The maximum absolute atomic E-state index is 12.2. The topological polar surface area (TPSA) is 66.9 Å². The van der Waals surface area contributed by atoms with Gasteiger partial charge in [-0.05, 0) is 30.9 Å². The minimum Gasteiger partial charge on any atom is -0.354 e. The molecule has 1 aromatic carbocycles. The van der Waals surface area contributed by atoms with Gasteiger partial charge in [-0.1, -0.05) is 43.2 Å². The molecule has 0 spiro atoms. The van der Waals surface area contributed by atoms with Gasteiger partial charge in [0.05, 0.1) is 0 Å². The first kappa shape index (κ1) is 15.5. The monoisotopic (exact) mass is 310 g/mol. The molecule has 1 aliphatic rings. The van der Waals surface area contributed by atoms with Crippen LogP contribution in [0.25, 0.3) is 0 Å². The van der Waals surface area contributed by atoms with Gasteiger partial charge in [-0.2, -0.15) is 0 Å². The third-order valence-corrected chi connectivity index (χ3v) is 4.12. The Morgan fingerprint density at radius 2 is 1.91 bits per heavy atom. The lowest BCUT2D eigenvalue weighted by atomic mass is 10.1. The van der Waals surface area contributed by atoms with E-state index in [0.717, 1.165) is 25.8 Å². The maximum Gasteiger partial charge on any atom is 0.270 e. The normalized spacial score (nSPS) is 14.6. The van der Waals surface area contributed by atoms with E-state index >= 15 is 0 Å². The van der Waals surface area contributed by atoms with E-state index in [-0.39, 0.29) is 5.91 Å². The molecule has 1 aliphatic carbocycles. The van der Waals surface area contributed by atoms with Gasteiger partial charge < -0.3 is 10.6 Å². The summed E-state index contributed by atoms with van der Waals surface area (Å²) >= 11 is 0. The Bertz CT molecular complexity index is 638. The smallest absolute Gasteiger partial charge is 0.270 e.